The lowest BCUT2D eigenvalue weighted by atomic mass is 9.70. The van der Waals surface area contributed by atoms with Crippen LogP contribution in [0.5, 0.6) is 0 Å². The van der Waals surface area contributed by atoms with E-state index in [1.165, 1.54) is 0 Å². The number of aliphatic carboxylic acids is 1. The van der Waals surface area contributed by atoms with E-state index in [-0.39, 0.29) is 24.0 Å². The Morgan fingerprint density at radius 2 is 2.23 bits per heavy atom. The molecule has 5 aliphatic rings. The molecule has 3 saturated heterocycles. The molecule has 5 aliphatic heterocycles. The Hall–Kier alpha value is -2.18. The van der Waals surface area contributed by atoms with Gasteiger partial charge in [0.2, 0.25) is 5.91 Å². The molecule has 1 spiro atoms. The monoisotopic (exact) mass is 353 g/mol. The molecule has 6 nitrogen and oxygen atoms in total. The van der Waals surface area contributed by atoms with Crippen molar-refractivity contribution in [3.8, 4) is 0 Å². The van der Waals surface area contributed by atoms with E-state index in [4.69, 9.17) is 9.47 Å². The van der Waals surface area contributed by atoms with Gasteiger partial charge in [-0.1, -0.05) is 29.8 Å². The average molecular weight is 353 g/mol. The number of amides is 1. The Labute approximate surface area is 150 Å². The van der Waals surface area contributed by atoms with Crippen LogP contribution >= 0.6 is 0 Å². The highest BCUT2D eigenvalue weighted by atomic mass is 16.5. The minimum atomic E-state index is -0.956. The van der Waals surface area contributed by atoms with E-state index in [9.17, 15) is 14.7 Å². The Kier molecular flexibility index (Phi) is 2.62. The fourth-order valence-electron chi connectivity index (χ4n) is 6.04. The molecule has 0 saturated carbocycles. The summed E-state index contributed by atoms with van der Waals surface area (Å²) >= 11 is 0. The lowest BCUT2D eigenvalue weighted by Gasteiger charge is -2.44. The Balaban J connectivity index is 1.59. The smallest absolute Gasteiger partial charge is 0.310 e. The Morgan fingerprint density at radius 1 is 1.38 bits per heavy atom. The topological polar surface area (TPSA) is 76.1 Å². The molecule has 3 fully saturated rings. The second kappa shape index (κ2) is 4.56. The van der Waals surface area contributed by atoms with Gasteiger partial charge in [-0.15, -0.1) is 0 Å². The van der Waals surface area contributed by atoms with Crippen LogP contribution in [0.3, 0.4) is 0 Å². The van der Waals surface area contributed by atoms with Crippen LogP contribution in [0.1, 0.15) is 23.7 Å². The zero-order chi connectivity index (χ0) is 17.8. The van der Waals surface area contributed by atoms with Crippen molar-refractivity contribution in [2.24, 2.45) is 17.8 Å². The maximum Gasteiger partial charge on any atom is 0.310 e. The molecule has 26 heavy (non-hydrogen) atoms. The lowest BCUT2D eigenvalue weighted by molar-refractivity contribution is -0.146. The molecule has 0 unspecified atom stereocenters. The van der Waals surface area contributed by atoms with Crippen LogP contribution < -0.4 is 4.90 Å². The number of carboxylic acids is 1. The van der Waals surface area contributed by atoms with E-state index in [1.807, 2.05) is 36.1 Å². The van der Waals surface area contributed by atoms with E-state index >= 15 is 0 Å². The molecular weight excluding hydrogens is 334 g/mol. The number of hydrogen-bond donors (Lipinski definition) is 1. The number of anilines is 1. The van der Waals surface area contributed by atoms with Crippen LogP contribution in [-0.2, 0) is 19.1 Å². The molecular formula is C20H19NO5. The zero-order valence-corrected chi connectivity index (χ0v) is 14.3. The maximum atomic E-state index is 13.5. The Morgan fingerprint density at radius 3 is 3.04 bits per heavy atom. The van der Waals surface area contributed by atoms with Crippen molar-refractivity contribution >= 4 is 17.6 Å². The van der Waals surface area contributed by atoms with Gasteiger partial charge in [0.05, 0.1) is 24.2 Å². The number of fused-ring (bicyclic) bond motifs is 7. The average Bonchev–Trinajstić information content (AvgIpc) is 3.35. The molecule has 1 aromatic rings. The van der Waals surface area contributed by atoms with Crippen LogP contribution in [0.4, 0.5) is 5.69 Å². The molecule has 134 valence electrons. The van der Waals surface area contributed by atoms with Crippen molar-refractivity contribution in [3.63, 3.8) is 0 Å². The molecule has 6 heteroatoms. The molecule has 1 aromatic carbocycles. The summed E-state index contributed by atoms with van der Waals surface area (Å²) in [7, 11) is 0. The molecule has 1 amide bonds. The quantitative estimate of drug-likeness (QED) is 0.780. The van der Waals surface area contributed by atoms with Gasteiger partial charge in [0.25, 0.3) is 0 Å². The Bertz CT molecular complexity index is 894. The van der Waals surface area contributed by atoms with Gasteiger partial charge in [-0.2, -0.15) is 0 Å². The molecule has 7 atom stereocenters. The lowest BCUT2D eigenvalue weighted by Crippen LogP contribution is -2.53. The number of carbonyl (C=O) groups excluding carboxylic acids is 1. The predicted octanol–water partition coefficient (Wildman–Crippen LogP) is 1.83. The van der Waals surface area contributed by atoms with Gasteiger partial charge in [0, 0.05) is 23.8 Å². The van der Waals surface area contributed by atoms with Crippen LogP contribution in [-0.4, -0.2) is 41.3 Å². The molecule has 2 bridgehead atoms. The molecule has 0 aromatic heterocycles. The summed E-state index contributed by atoms with van der Waals surface area (Å²) in [6.45, 7) is 2.68. The number of benzene rings is 1. The molecule has 1 N–H and O–H groups in total. The number of aryl methyl sites for hydroxylation is 1. The minimum Gasteiger partial charge on any atom is -0.481 e. The largest absolute Gasteiger partial charge is 0.481 e. The molecule has 5 heterocycles. The van der Waals surface area contributed by atoms with E-state index in [0.717, 1.165) is 23.2 Å². The summed E-state index contributed by atoms with van der Waals surface area (Å²) in [5.41, 5.74) is 2.17. The van der Waals surface area contributed by atoms with Crippen molar-refractivity contribution in [1.29, 1.82) is 0 Å². The predicted molar refractivity (Wildman–Crippen MR) is 90.6 cm³/mol. The molecule has 6 rings (SSSR count). The summed E-state index contributed by atoms with van der Waals surface area (Å²) in [5.74, 6) is -2.43. The van der Waals surface area contributed by atoms with Gasteiger partial charge >= 0.3 is 5.97 Å². The second-order valence-electron chi connectivity index (χ2n) is 8.10. The van der Waals surface area contributed by atoms with Gasteiger partial charge in [0.1, 0.15) is 11.5 Å². The maximum absolute atomic E-state index is 13.5. The first kappa shape index (κ1) is 14.9. The summed E-state index contributed by atoms with van der Waals surface area (Å²) in [4.78, 5) is 27.2. The van der Waals surface area contributed by atoms with E-state index < -0.39 is 29.5 Å². The van der Waals surface area contributed by atoms with Crippen molar-refractivity contribution in [2.45, 2.75) is 37.2 Å². The van der Waals surface area contributed by atoms with Crippen molar-refractivity contribution in [1.82, 2.24) is 0 Å². The van der Waals surface area contributed by atoms with E-state index in [2.05, 4.69) is 6.07 Å². The fraction of sp³-hybridized carbons (Fsp3) is 0.500. The van der Waals surface area contributed by atoms with Crippen molar-refractivity contribution in [3.05, 3.63) is 41.5 Å². The van der Waals surface area contributed by atoms with Crippen LogP contribution in [0.15, 0.2) is 30.4 Å². The second-order valence-corrected chi connectivity index (χ2v) is 8.10. The zero-order valence-electron chi connectivity index (χ0n) is 14.3. The first-order valence-electron chi connectivity index (χ1n) is 9.18. The van der Waals surface area contributed by atoms with Crippen molar-refractivity contribution < 1.29 is 24.2 Å². The number of rotatable bonds is 1. The number of carbonyl (C=O) groups is 2. The number of ether oxygens (including phenoxy) is 2. The fourth-order valence-corrected chi connectivity index (χ4v) is 6.04. The SMILES string of the molecule is Cc1ccc2c(c1)[C@H]1OCC[C@H]1[C@@H]1N2C(=O)[C@@H]2[C@@H](C(=O)O)[C@@H]3C=C[C@@]21O3. The number of carboxylic acid groups (broad SMARTS) is 1. The summed E-state index contributed by atoms with van der Waals surface area (Å²) in [5, 5.41) is 9.74. The van der Waals surface area contributed by atoms with E-state index in [0.29, 0.717) is 6.61 Å². The third kappa shape index (κ3) is 1.48. The van der Waals surface area contributed by atoms with Crippen LogP contribution in [0.2, 0.25) is 0 Å². The summed E-state index contributed by atoms with van der Waals surface area (Å²) in [6.07, 6.45) is 4.07. The van der Waals surface area contributed by atoms with Gasteiger partial charge in [0.15, 0.2) is 0 Å². The van der Waals surface area contributed by atoms with Gasteiger partial charge in [-0.25, -0.2) is 0 Å². The van der Waals surface area contributed by atoms with Gasteiger partial charge in [-0.3, -0.25) is 9.59 Å². The standard InChI is InChI=1S/C20H19NO5/c1-9-2-3-12-11(8-9)16-10(5-7-25-16)17-20-6-4-13(26-20)14(19(23)24)15(20)18(22)21(12)17/h2-4,6,8,10,13-17H,5,7H2,1H3,(H,23,24)/t10-,13+,14+,15+,16+,17+,20-/m1/s1. The number of nitrogens with zero attached hydrogens (tertiary/aromatic N) is 1. The third-order valence-corrected chi connectivity index (χ3v) is 6.91. The first-order chi connectivity index (χ1) is 12.5. The highest BCUT2D eigenvalue weighted by molar-refractivity contribution is 6.04. The van der Waals surface area contributed by atoms with Crippen molar-refractivity contribution in [2.75, 3.05) is 11.5 Å². The van der Waals surface area contributed by atoms with Gasteiger partial charge in [-0.05, 0) is 19.4 Å². The molecule has 0 aliphatic carbocycles. The highest BCUT2D eigenvalue weighted by Gasteiger charge is 2.74. The van der Waals surface area contributed by atoms with E-state index in [1.54, 1.807) is 0 Å². The number of hydrogen-bond acceptors (Lipinski definition) is 4. The first-order valence-corrected chi connectivity index (χ1v) is 9.18. The highest BCUT2D eigenvalue weighted by Crippen LogP contribution is 2.62. The summed E-state index contributed by atoms with van der Waals surface area (Å²) in [6, 6.07) is 5.86. The minimum absolute atomic E-state index is 0.0630. The van der Waals surface area contributed by atoms with Gasteiger partial charge < -0.3 is 19.5 Å². The van der Waals surface area contributed by atoms with Crippen LogP contribution in [0.25, 0.3) is 0 Å². The van der Waals surface area contributed by atoms with Crippen LogP contribution in [0, 0.1) is 24.7 Å². The molecule has 0 radical (unpaired) electrons. The summed E-state index contributed by atoms with van der Waals surface area (Å²) < 4.78 is 12.3. The normalized spacial score (nSPS) is 44.0. The third-order valence-electron chi connectivity index (χ3n) is 6.91.